The zero-order valence-corrected chi connectivity index (χ0v) is 18.5. The van der Waals surface area contributed by atoms with Crippen molar-refractivity contribution in [2.75, 3.05) is 32.8 Å². The number of nitrogens with zero attached hydrogens (tertiary/aromatic N) is 1. The smallest absolute Gasteiger partial charge is 0.240 e. The van der Waals surface area contributed by atoms with E-state index in [0.717, 1.165) is 31.6 Å². The van der Waals surface area contributed by atoms with Crippen LogP contribution in [0.2, 0.25) is 0 Å². The highest BCUT2D eigenvalue weighted by Crippen LogP contribution is 2.11. The standard InChI is InChI=1S/C17H28N4O3S.HI/c1-3-18-17(20-13-15-5-4-12-24-15)19-10-11-21-25(22,23)16-8-6-14(2)7-9-16;/h6-9,15,21H,3-5,10-13H2,1-2H3,(H2,18,19,20);1H. The number of ether oxygens (including phenoxy) is 1. The average Bonchev–Trinajstić information content (AvgIpc) is 3.10. The summed E-state index contributed by atoms with van der Waals surface area (Å²) < 4.78 is 32.6. The average molecular weight is 496 g/mol. The Kier molecular flexibility index (Phi) is 10.4. The maximum Gasteiger partial charge on any atom is 0.240 e. The fourth-order valence-corrected chi connectivity index (χ4v) is 3.52. The summed E-state index contributed by atoms with van der Waals surface area (Å²) in [6.45, 7) is 6.81. The normalized spacial score (nSPS) is 17.6. The molecule has 1 unspecified atom stereocenters. The van der Waals surface area contributed by atoms with Crippen LogP contribution >= 0.6 is 24.0 Å². The zero-order valence-electron chi connectivity index (χ0n) is 15.3. The van der Waals surface area contributed by atoms with E-state index in [-0.39, 0.29) is 41.5 Å². The second-order valence-electron chi connectivity index (χ2n) is 5.99. The maximum absolute atomic E-state index is 12.2. The summed E-state index contributed by atoms with van der Waals surface area (Å²) in [5, 5.41) is 6.28. The molecule has 1 saturated heterocycles. The quantitative estimate of drug-likeness (QED) is 0.220. The largest absolute Gasteiger partial charge is 0.376 e. The maximum atomic E-state index is 12.2. The van der Waals surface area contributed by atoms with Crippen molar-refractivity contribution >= 4 is 40.0 Å². The van der Waals surface area contributed by atoms with Crippen molar-refractivity contribution in [3.8, 4) is 0 Å². The van der Waals surface area contributed by atoms with Crippen molar-refractivity contribution in [3.63, 3.8) is 0 Å². The lowest BCUT2D eigenvalue weighted by Gasteiger charge is -2.13. The van der Waals surface area contributed by atoms with Crippen LogP contribution in [-0.2, 0) is 14.8 Å². The van der Waals surface area contributed by atoms with Gasteiger partial charge in [0, 0.05) is 26.2 Å². The van der Waals surface area contributed by atoms with Gasteiger partial charge in [0.15, 0.2) is 5.96 Å². The summed E-state index contributed by atoms with van der Waals surface area (Å²) in [7, 11) is -3.48. The Morgan fingerprint density at radius 2 is 1.96 bits per heavy atom. The molecule has 1 aliphatic rings. The van der Waals surface area contributed by atoms with Crippen LogP contribution in [0.15, 0.2) is 34.2 Å². The van der Waals surface area contributed by atoms with Gasteiger partial charge in [-0.15, -0.1) is 24.0 Å². The number of aliphatic imine (C=N–C) groups is 1. The molecule has 0 radical (unpaired) electrons. The number of hydrogen-bond donors (Lipinski definition) is 3. The Balaban J connectivity index is 0.00000338. The first kappa shape index (κ1) is 23.1. The molecule has 1 aromatic rings. The van der Waals surface area contributed by atoms with Gasteiger partial charge in [-0.05, 0) is 38.8 Å². The fourth-order valence-electron chi connectivity index (χ4n) is 2.49. The number of benzene rings is 1. The molecule has 26 heavy (non-hydrogen) atoms. The van der Waals surface area contributed by atoms with E-state index >= 15 is 0 Å². The molecular weight excluding hydrogens is 467 g/mol. The van der Waals surface area contributed by atoms with Crippen molar-refractivity contribution in [2.24, 2.45) is 4.99 Å². The minimum atomic E-state index is -3.48. The zero-order chi connectivity index (χ0) is 18.1. The Bertz CT molecular complexity index is 659. The summed E-state index contributed by atoms with van der Waals surface area (Å²) in [4.78, 5) is 4.76. The summed E-state index contributed by atoms with van der Waals surface area (Å²) in [5.41, 5.74) is 1.03. The molecule has 0 saturated carbocycles. The third kappa shape index (κ3) is 7.77. The molecule has 2 rings (SSSR count). The Hall–Kier alpha value is -0.910. The molecule has 9 heteroatoms. The highest BCUT2D eigenvalue weighted by molar-refractivity contribution is 14.0. The van der Waals surface area contributed by atoms with E-state index in [1.54, 1.807) is 24.3 Å². The van der Waals surface area contributed by atoms with Crippen molar-refractivity contribution in [3.05, 3.63) is 29.8 Å². The fraction of sp³-hybridized carbons (Fsp3) is 0.588. The van der Waals surface area contributed by atoms with Gasteiger partial charge in [0.25, 0.3) is 0 Å². The lowest BCUT2D eigenvalue weighted by molar-refractivity contribution is 0.117. The van der Waals surface area contributed by atoms with Gasteiger partial charge in [-0.2, -0.15) is 0 Å². The molecule has 1 heterocycles. The van der Waals surface area contributed by atoms with E-state index < -0.39 is 10.0 Å². The summed E-state index contributed by atoms with van der Waals surface area (Å²) in [6, 6.07) is 6.79. The molecule has 0 amide bonds. The summed E-state index contributed by atoms with van der Waals surface area (Å²) in [6.07, 6.45) is 2.32. The van der Waals surface area contributed by atoms with Crippen LogP contribution < -0.4 is 15.4 Å². The number of nitrogens with one attached hydrogen (secondary N) is 3. The summed E-state index contributed by atoms with van der Waals surface area (Å²) >= 11 is 0. The van der Waals surface area contributed by atoms with E-state index in [2.05, 4.69) is 20.3 Å². The Morgan fingerprint density at radius 1 is 1.23 bits per heavy atom. The van der Waals surface area contributed by atoms with E-state index in [0.29, 0.717) is 19.0 Å². The number of rotatable bonds is 8. The van der Waals surface area contributed by atoms with Crippen LogP contribution in [0, 0.1) is 6.92 Å². The second kappa shape index (κ2) is 11.7. The van der Waals surface area contributed by atoms with Gasteiger partial charge in [-0.25, -0.2) is 13.1 Å². The van der Waals surface area contributed by atoms with Crippen molar-refractivity contribution in [1.82, 2.24) is 15.4 Å². The van der Waals surface area contributed by atoms with E-state index in [1.165, 1.54) is 0 Å². The number of aryl methyl sites for hydroxylation is 1. The molecule has 0 aliphatic carbocycles. The van der Waals surface area contributed by atoms with E-state index in [4.69, 9.17) is 4.74 Å². The predicted octanol–water partition coefficient (Wildman–Crippen LogP) is 1.63. The number of halogens is 1. The molecule has 7 nitrogen and oxygen atoms in total. The van der Waals surface area contributed by atoms with Crippen molar-refractivity contribution in [1.29, 1.82) is 0 Å². The molecule has 1 fully saturated rings. The molecule has 1 aromatic carbocycles. The monoisotopic (exact) mass is 496 g/mol. The molecule has 1 aliphatic heterocycles. The second-order valence-corrected chi connectivity index (χ2v) is 7.76. The topological polar surface area (TPSA) is 91.8 Å². The molecule has 0 spiro atoms. The Labute approximate surface area is 173 Å². The third-order valence-corrected chi connectivity index (χ3v) is 5.34. The van der Waals surface area contributed by atoms with Gasteiger partial charge in [-0.3, -0.25) is 4.99 Å². The minimum absolute atomic E-state index is 0. The van der Waals surface area contributed by atoms with Gasteiger partial charge in [0.05, 0.1) is 17.5 Å². The first-order chi connectivity index (χ1) is 12.0. The minimum Gasteiger partial charge on any atom is -0.376 e. The first-order valence-electron chi connectivity index (χ1n) is 8.71. The van der Waals surface area contributed by atoms with E-state index in [9.17, 15) is 8.42 Å². The predicted molar refractivity (Wildman–Crippen MR) is 115 cm³/mol. The lowest BCUT2D eigenvalue weighted by atomic mass is 10.2. The summed E-state index contributed by atoms with van der Waals surface area (Å²) in [5.74, 6) is 0.674. The SMILES string of the molecule is CCNC(=NCC1CCCO1)NCCNS(=O)(=O)c1ccc(C)cc1.I. The number of hydrogen-bond acceptors (Lipinski definition) is 4. The van der Waals surface area contributed by atoms with Gasteiger partial charge in [-0.1, -0.05) is 17.7 Å². The van der Waals surface area contributed by atoms with Crippen molar-refractivity contribution < 1.29 is 13.2 Å². The third-order valence-electron chi connectivity index (χ3n) is 3.86. The van der Waals surface area contributed by atoms with Crippen LogP contribution in [0.1, 0.15) is 25.3 Å². The van der Waals surface area contributed by atoms with Gasteiger partial charge in [0.2, 0.25) is 10.0 Å². The number of guanidine groups is 1. The Morgan fingerprint density at radius 3 is 2.58 bits per heavy atom. The van der Waals surface area contributed by atoms with Gasteiger partial charge >= 0.3 is 0 Å². The van der Waals surface area contributed by atoms with Crippen LogP contribution in [0.25, 0.3) is 0 Å². The molecule has 0 aromatic heterocycles. The van der Waals surface area contributed by atoms with Crippen LogP contribution in [0.5, 0.6) is 0 Å². The highest BCUT2D eigenvalue weighted by Gasteiger charge is 2.15. The first-order valence-corrected chi connectivity index (χ1v) is 10.2. The number of sulfonamides is 1. The highest BCUT2D eigenvalue weighted by atomic mass is 127. The molecule has 3 N–H and O–H groups in total. The van der Waals surface area contributed by atoms with Gasteiger partial charge in [0.1, 0.15) is 0 Å². The van der Waals surface area contributed by atoms with E-state index in [1.807, 2.05) is 13.8 Å². The van der Waals surface area contributed by atoms with Crippen LogP contribution in [0.4, 0.5) is 0 Å². The molecular formula is C17H29IN4O3S. The molecule has 0 bridgehead atoms. The van der Waals surface area contributed by atoms with Crippen LogP contribution in [-0.4, -0.2) is 53.3 Å². The molecule has 148 valence electrons. The van der Waals surface area contributed by atoms with Crippen molar-refractivity contribution in [2.45, 2.75) is 37.7 Å². The van der Waals surface area contributed by atoms with Crippen LogP contribution in [0.3, 0.4) is 0 Å². The van der Waals surface area contributed by atoms with Gasteiger partial charge < -0.3 is 15.4 Å². The lowest BCUT2D eigenvalue weighted by Crippen LogP contribution is -2.41. The molecule has 1 atom stereocenters.